The van der Waals surface area contributed by atoms with Crippen LogP contribution in [0.5, 0.6) is 5.75 Å². The van der Waals surface area contributed by atoms with Crippen molar-refractivity contribution in [2.45, 2.75) is 45.1 Å². The maximum atomic E-state index is 5.81. The molecular formula is C15H24N2O3. The lowest BCUT2D eigenvalue weighted by atomic mass is 10.1. The first-order chi connectivity index (χ1) is 9.78. The molecule has 0 spiro atoms. The van der Waals surface area contributed by atoms with Crippen LogP contribution in [0.2, 0.25) is 0 Å². The van der Waals surface area contributed by atoms with Crippen molar-refractivity contribution in [3.8, 4) is 5.75 Å². The molecule has 0 saturated heterocycles. The second-order valence-corrected chi connectivity index (χ2v) is 4.81. The average molecular weight is 280 g/mol. The van der Waals surface area contributed by atoms with Gasteiger partial charge in [0, 0.05) is 13.2 Å². The lowest BCUT2D eigenvalue weighted by Gasteiger charge is -2.26. The third kappa shape index (κ3) is 4.18. The van der Waals surface area contributed by atoms with Gasteiger partial charge in [-0.1, -0.05) is 12.1 Å². The Balaban J connectivity index is 2.11. The SMILES string of the molecule is CCOC(OCC)C(NN)c1cccc(OC2CC2)c1. The molecule has 1 aromatic carbocycles. The van der Waals surface area contributed by atoms with E-state index in [4.69, 9.17) is 20.1 Å². The van der Waals surface area contributed by atoms with Crippen LogP contribution in [0.4, 0.5) is 0 Å². The molecule has 3 N–H and O–H groups in total. The van der Waals surface area contributed by atoms with Crippen molar-refractivity contribution in [3.63, 3.8) is 0 Å². The van der Waals surface area contributed by atoms with E-state index in [0.29, 0.717) is 19.3 Å². The Morgan fingerprint density at radius 2 is 1.95 bits per heavy atom. The molecule has 0 aliphatic heterocycles. The second kappa shape index (κ2) is 7.59. The van der Waals surface area contributed by atoms with Crippen LogP contribution in [-0.4, -0.2) is 25.6 Å². The minimum Gasteiger partial charge on any atom is -0.490 e. The van der Waals surface area contributed by atoms with E-state index < -0.39 is 6.29 Å². The summed E-state index contributed by atoms with van der Waals surface area (Å²) in [7, 11) is 0. The monoisotopic (exact) mass is 280 g/mol. The Labute approximate surface area is 120 Å². The number of rotatable bonds is 9. The highest BCUT2D eigenvalue weighted by atomic mass is 16.7. The fourth-order valence-corrected chi connectivity index (χ4v) is 2.06. The summed E-state index contributed by atoms with van der Waals surface area (Å²) in [6, 6.07) is 7.69. The van der Waals surface area contributed by atoms with E-state index >= 15 is 0 Å². The fraction of sp³-hybridized carbons (Fsp3) is 0.600. The topological polar surface area (TPSA) is 65.7 Å². The Kier molecular flexibility index (Phi) is 5.79. The van der Waals surface area contributed by atoms with Gasteiger partial charge in [-0.15, -0.1) is 0 Å². The number of ether oxygens (including phenoxy) is 3. The van der Waals surface area contributed by atoms with Crippen molar-refractivity contribution < 1.29 is 14.2 Å². The van der Waals surface area contributed by atoms with Gasteiger partial charge in [-0.05, 0) is 44.4 Å². The molecule has 1 saturated carbocycles. The molecule has 5 nitrogen and oxygen atoms in total. The molecule has 0 aromatic heterocycles. The Bertz CT molecular complexity index is 404. The van der Waals surface area contributed by atoms with Gasteiger partial charge >= 0.3 is 0 Å². The zero-order valence-corrected chi connectivity index (χ0v) is 12.2. The van der Waals surface area contributed by atoms with Gasteiger partial charge in [0.25, 0.3) is 0 Å². The van der Waals surface area contributed by atoms with Gasteiger partial charge in [0.05, 0.1) is 12.1 Å². The molecular weight excluding hydrogens is 256 g/mol. The number of benzene rings is 1. The van der Waals surface area contributed by atoms with Crippen molar-refractivity contribution >= 4 is 0 Å². The third-order valence-electron chi connectivity index (χ3n) is 3.16. The molecule has 0 bridgehead atoms. The van der Waals surface area contributed by atoms with Crippen LogP contribution in [-0.2, 0) is 9.47 Å². The van der Waals surface area contributed by atoms with Gasteiger partial charge in [0.2, 0.25) is 0 Å². The molecule has 1 aromatic rings. The molecule has 0 heterocycles. The molecule has 1 fully saturated rings. The molecule has 1 unspecified atom stereocenters. The zero-order valence-electron chi connectivity index (χ0n) is 12.2. The van der Waals surface area contributed by atoms with E-state index in [2.05, 4.69) is 5.43 Å². The largest absolute Gasteiger partial charge is 0.490 e. The highest BCUT2D eigenvalue weighted by Gasteiger charge is 2.26. The van der Waals surface area contributed by atoms with Crippen LogP contribution < -0.4 is 16.0 Å². The standard InChI is InChI=1S/C15H24N2O3/c1-3-18-15(19-4-2)14(17-16)11-6-5-7-13(10-11)20-12-8-9-12/h5-7,10,12,14-15,17H,3-4,8-9,16H2,1-2H3. The van der Waals surface area contributed by atoms with Gasteiger partial charge in [0.15, 0.2) is 6.29 Å². The van der Waals surface area contributed by atoms with Crippen molar-refractivity contribution in [1.29, 1.82) is 0 Å². The van der Waals surface area contributed by atoms with E-state index in [0.717, 1.165) is 24.2 Å². The van der Waals surface area contributed by atoms with Crippen molar-refractivity contribution in [3.05, 3.63) is 29.8 Å². The van der Waals surface area contributed by atoms with Gasteiger partial charge in [-0.25, -0.2) is 5.43 Å². The lowest BCUT2D eigenvalue weighted by Crippen LogP contribution is -2.39. The van der Waals surface area contributed by atoms with E-state index in [-0.39, 0.29) is 6.04 Å². The summed E-state index contributed by atoms with van der Waals surface area (Å²) in [5.74, 6) is 6.55. The summed E-state index contributed by atoms with van der Waals surface area (Å²) in [6.45, 7) is 5.01. The first-order valence-electron chi connectivity index (χ1n) is 7.24. The summed E-state index contributed by atoms with van der Waals surface area (Å²) in [4.78, 5) is 0. The van der Waals surface area contributed by atoms with Crippen molar-refractivity contribution in [2.75, 3.05) is 13.2 Å². The minimum absolute atomic E-state index is 0.224. The summed E-state index contributed by atoms with van der Waals surface area (Å²) in [5, 5.41) is 0. The summed E-state index contributed by atoms with van der Waals surface area (Å²) in [6.07, 6.45) is 2.25. The fourth-order valence-electron chi connectivity index (χ4n) is 2.06. The Morgan fingerprint density at radius 1 is 1.25 bits per heavy atom. The Morgan fingerprint density at radius 3 is 2.50 bits per heavy atom. The van der Waals surface area contributed by atoms with Crippen LogP contribution in [0.15, 0.2) is 24.3 Å². The van der Waals surface area contributed by atoms with Crippen molar-refractivity contribution in [1.82, 2.24) is 5.43 Å². The molecule has 2 rings (SSSR count). The first-order valence-corrected chi connectivity index (χ1v) is 7.24. The molecule has 112 valence electrons. The number of hydrazine groups is 1. The van der Waals surface area contributed by atoms with Crippen LogP contribution in [0.3, 0.4) is 0 Å². The van der Waals surface area contributed by atoms with Crippen LogP contribution in [0.25, 0.3) is 0 Å². The summed E-state index contributed by atoms with van der Waals surface area (Å²) >= 11 is 0. The van der Waals surface area contributed by atoms with E-state index in [1.165, 1.54) is 0 Å². The van der Waals surface area contributed by atoms with E-state index in [1.807, 2.05) is 38.1 Å². The van der Waals surface area contributed by atoms with Gasteiger partial charge < -0.3 is 14.2 Å². The molecule has 1 aliphatic rings. The van der Waals surface area contributed by atoms with Gasteiger partial charge in [0.1, 0.15) is 5.75 Å². The van der Waals surface area contributed by atoms with Crippen molar-refractivity contribution in [2.24, 2.45) is 5.84 Å². The Hall–Kier alpha value is -1.14. The van der Waals surface area contributed by atoms with Crippen LogP contribution in [0.1, 0.15) is 38.3 Å². The predicted molar refractivity (Wildman–Crippen MR) is 77.2 cm³/mol. The highest BCUT2D eigenvalue weighted by Crippen LogP contribution is 2.29. The second-order valence-electron chi connectivity index (χ2n) is 4.81. The maximum Gasteiger partial charge on any atom is 0.178 e. The number of hydrogen-bond acceptors (Lipinski definition) is 5. The first kappa shape index (κ1) is 15.3. The molecule has 1 atom stereocenters. The summed E-state index contributed by atoms with van der Waals surface area (Å²) in [5.41, 5.74) is 3.78. The zero-order chi connectivity index (χ0) is 14.4. The maximum absolute atomic E-state index is 5.81. The molecule has 5 heteroatoms. The van der Waals surface area contributed by atoms with Gasteiger partial charge in [-0.2, -0.15) is 0 Å². The smallest absolute Gasteiger partial charge is 0.178 e. The molecule has 0 amide bonds. The number of nitrogens with two attached hydrogens (primary N) is 1. The van der Waals surface area contributed by atoms with Crippen LogP contribution in [0, 0.1) is 0 Å². The number of nitrogens with one attached hydrogen (secondary N) is 1. The summed E-state index contributed by atoms with van der Waals surface area (Å²) < 4.78 is 17.0. The van der Waals surface area contributed by atoms with E-state index in [9.17, 15) is 0 Å². The minimum atomic E-state index is -0.411. The lowest BCUT2D eigenvalue weighted by molar-refractivity contribution is -0.155. The number of hydrogen-bond donors (Lipinski definition) is 2. The molecule has 20 heavy (non-hydrogen) atoms. The van der Waals surface area contributed by atoms with Gasteiger partial charge in [-0.3, -0.25) is 5.84 Å². The normalized spacial score (nSPS) is 16.4. The molecule has 0 radical (unpaired) electrons. The third-order valence-corrected chi connectivity index (χ3v) is 3.16. The highest BCUT2D eigenvalue weighted by molar-refractivity contribution is 5.31. The predicted octanol–water partition coefficient (Wildman–Crippen LogP) is 2.13. The van der Waals surface area contributed by atoms with Crippen LogP contribution >= 0.6 is 0 Å². The quantitative estimate of drug-likeness (QED) is 0.412. The molecule has 1 aliphatic carbocycles. The van der Waals surface area contributed by atoms with E-state index in [1.54, 1.807) is 0 Å². The average Bonchev–Trinajstić information content (AvgIpc) is 3.24.